The van der Waals surface area contributed by atoms with Crippen LogP contribution in [0, 0.1) is 0 Å². The zero-order chi connectivity index (χ0) is 12.1. The summed E-state index contributed by atoms with van der Waals surface area (Å²) in [7, 11) is 0.279. The third-order valence-corrected chi connectivity index (χ3v) is 4.20. The van der Waals surface area contributed by atoms with Crippen LogP contribution in [-0.4, -0.2) is 39.0 Å². The highest BCUT2D eigenvalue weighted by atomic mass is 32.2. The van der Waals surface area contributed by atoms with Crippen LogP contribution < -0.4 is 0 Å². The number of carbonyl (C=O) groups is 1. The maximum atomic E-state index is 11.7. The van der Waals surface area contributed by atoms with Crippen LogP contribution in [0.25, 0.3) is 0 Å². The molecule has 2 atom stereocenters. The van der Waals surface area contributed by atoms with Crippen LogP contribution in [-0.2, 0) is 20.3 Å². The molecule has 0 saturated heterocycles. The van der Waals surface area contributed by atoms with Crippen molar-refractivity contribution in [1.29, 1.82) is 0 Å². The molecule has 0 fully saturated rings. The van der Waals surface area contributed by atoms with Crippen molar-refractivity contribution in [3.63, 3.8) is 0 Å². The van der Waals surface area contributed by atoms with Gasteiger partial charge in [0.05, 0.1) is 5.60 Å². The van der Waals surface area contributed by atoms with E-state index in [0.717, 1.165) is 0 Å². The lowest BCUT2D eigenvalue weighted by atomic mass is 10.1. The average molecular weight is 236 g/mol. The molecule has 0 aromatic carbocycles. The predicted molar refractivity (Wildman–Crippen MR) is 60.4 cm³/mol. The first-order chi connectivity index (χ1) is 6.84. The molecule has 0 aromatic rings. The molecule has 0 spiro atoms. The van der Waals surface area contributed by atoms with Gasteiger partial charge in [-0.15, -0.1) is 0 Å². The zero-order valence-corrected chi connectivity index (χ0v) is 10.6. The summed E-state index contributed by atoms with van der Waals surface area (Å²) in [4.78, 5) is 10.7. The second kappa shape index (κ2) is 6.23. The smallest absolute Gasteiger partial charge is 0.319 e. The Morgan fingerprint density at radius 3 is 2.40 bits per heavy atom. The Labute approximate surface area is 93.5 Å². The largest absolute Gasteiger partial charge is 0.480 e. The Morgan fingerprint density at radius 2 is 2.07 bits per heavy atom. The number of hydrogen-bond donors (Lipinski definition) is 1. The Kier molecular flexibility index (Phi) is 6.05. The van der Waals surface area contributed by atoms with E-state index >= 15 is 0 Å². The summed E-state index contributed by atoms with van der Waals surface area (Å²) >= 11 is 0. The summed E-state index contributed by atoms with van der Waals surface area (Å²) in [6, 6.07) is 0. The molecule has 0 rings (SSSR count). The maximum absolute atomic E-state index is 11.7. The fourth-order valence-electron chi connectivity index (χ4n) is 1.06. The van der Waals surface area contributed by atoms with Gasteiger partial charge >= 0.3 is 5.97 Å². The van der Waals surface area contributed by atoms with Crippen molar-refractivity contribution >= 4 is 16.8 Å². The van der Waals surface area contributed by atoms with E-state index in [1.165, 1.54) is 0 Å². The number of rotatable bonds is 7. The van der Waals surface area contributed by atoms with Gasteiger partial charge in [0, 0.05) is 23.7 Å². The number of hydrogen-bond acceptors (Lipinski definition) is 3. The van der Waals surface area contributed by atoms with Crippen LogP contribution in [0.15, 0.2) is 0 Å². The highest BCUT2D eigenvalue weighted by Crippen LogP contribution is 2.15. The van der Waals surface area contributed by atoms with E-state index in [-0.39, 0.29) is 5.60 Å². The number of carboxylic acid groups (broad SMARTS) is 1. The third-order valence-electron chi connectivity index (χ3n) is 2.42. The molecular formula is C10H20O4S. The summed E-state index contributed by atoms with van der Waals surface area (Å²) < 4.78 is 16.8. The third kappa shape index (κ3) is 5.28. The van der Waals surface area contributed by atoms with Crippen LogP contribution in [0.1, 0.15) is 33.6 Å². The SMILES string of the molecule is CCC(C(=O)O)S(=O)CCC(C)(C)OC. The molecule has 0 radical (unpaired) electrons. The number of methoxy groups -OCH3 is 1. The Bertz CT molecular complexity index is 238. The molecule has 0 amide bonds. The molecule has 0 bridgehead atoms. The van der Waals surface area contributed by atoms with Gasteiger partial charge in [0.25, 0.3) is 0 Å². The molecule has 90 valence electrons. The van der Waals surface area contributed by atoms with Crippen molar-refractivity contribution in [1.82, 2.24) is 0 Å². The van der Waals surface area contributed by atoms with Crippen LogP contribution in [0.5, 0.6) is 0 Å². The van der Waals surface area contributed by atoms with Gasteiger partial charge in [-0.1, -0.05) is 6.92 Å². The lowest BCUT2D eigenvalue weighted by Gasteiger charge is -2.23. The van der Waals surface area contributed by atoms with Gasteiger partial charge in [0.15, 0.2) is 0 Å². The standard InChI is InChI=1S/C10H20O4S/c1-5-8(9(11)12)15(13)7-6-10(2,3)14-4/h8H,5-7H2,1-4H3,(H,11,12). The first-order valence-corrected chi connectivity index (χ1v) is 6.37. The van der Waals surface area contributed by atoms with Crippen molar-refractivity contribution in [3.05, 3.63) is 0 Å². The number of carboxylic acids is 1. The van der Waals surface area contributed by atoms with Gasteiger partial charge in [0.2, 0.25) is 0 Å². The van der Waals surface area contributed by atoms with Gasteiger partial charge in [-0.3, -0.25) is 9.00 Å². The van der Waals surface area contributed by atoms with Gasteiger partial charge < -0.3 is 9.84 Å². The minimum Gasteiger partial charge on any atom is -0.480 e. The Hall–Kier alpha value is -0.420. The Balaban J connectivity index is 4.19. The highest BCUT2D eigenvalue weighted by Gasteiger charge is 2.25. The summed E-state index contributed by atoms with van der Waals surface area (Å²) in [6.07, 6.45) is 0.995. The molecule has 15 heavy (non-hydrogen) atoms. The van der Waals surface area contributed by atoms with Gasteiger partial charge in [-0.2, -0.15) is 0 Å². The molecule has 0 aliphatic carbocycles. The summed E-state index contributed by atoms with van der Waals surface area (Å²) in [6.45, 7) is 5.52. The van der Waals surface area contributed by atoms with E-state index < -0.39 is 22.0 Å². The average Bonchev–Trinajstić information content (AvgIpc) is 2.15. The molecule has 4 nitrogen and oxygen atoms in total. The first kappa shape index (κ1) is 14.6. The maximum Gasteiger partial charge on any atom is 0.319 e. The van der Waals surface area contributed by atoms with Gasteiger partial charge in [-0.25, -0.2) is 0 Å². The summed E-state index contributed by atoms with van der Waals surface area (Å²) in [5, 5.41) is 8.05. The van der Waals surface area contributed by atoms with E-state index in [2.05, 4.69) is 0 Å². The van der Waals surface area contributed by atoms with Crippen LogP contribution in [0.4, 0.5) is 0 Å². The van der Waals surface area contributed by atoms with E-state index in [1.54, 1.807) is 14.0 Å². The van der Waals surface area contributed by atoms with Crippen molar-refractivity contribution < 1.29 is 18.8 Å². The first-order valence-electron chi connectivity index (χ1n) is 4.99. The van der Waals surface area contributed by atoms with Gasteiger partial charge in [-0.05, 0) is 26.7 Å². The zero-order valence-electron chi connectivity index (χ0n) is 9.78. The fourth-order valence-corrected chi connectivity index (χ4v) is 2.64. The van der Waals surface area contributed by atoms with Crippen LogP contribution in [0.3, 0.4) is 0 Å². The molecule has 0 aliphatic rings. The molecule has 1 N–H and O–H groups in total. The van der Waals surface area contributed by atoms with Crippen LogP contribution in [0.2, 0.25) is 0 Å². The minimum atomic E-state index is -1.32. The minimum absolute atomic E-state index is 0.341. The lowest BCUT2D eigenvalue weighted by molar-refractivity contribution is -0.136. The van der Waals surface area contributed by atoms with Crippen molar-refractivity contribution in [3.8, 4) is 0 Å². The van der Waals surface area contributed by atoms with E-state index in [1.807, 2.05) is 13.8 Å². The molecule has 2 unspecified atom stereocenters. The molecule has 0 aliphatic heterocycles. The van der Waals surface area contributed by atoms with Crippen molar-refractivity contribution in [2.75, 3.05) is 12.9 Å². The predicted octanol–water partition coefficient (Wildman–Crippen LogP) is 1.41. The van der Waals surface area contributed by atoms with E-state index in [4.69, 9.17) is 9.84 Å². The number of ether oxygens (including phenoxy) is 1. The van der Waals surface area contributed by atoms with Crippen molar-refractivity contribution in [2.45, 2.75) is 44.5 Å². The molecule has 5 heteroatoms. The highest BCUT2D eigenvalue weighted by molar-refractivity contribution is 7.86. The summed E-state index contributed by atoms with van der Waals surface area (Å²) in [5.74, 6) is -0.614. The molecule has 0 saturated carbocycles. The van der Waals surface area contributed by atoms with E-state index in [9.17, 15) is 9.00 Å². The molecule has 0 heterocycles. The lowest BCUT2D eigenvalue weighted by Crippen LogP contribution is -2.31. The molecular weight excluding hydrogens is 216 g/mol. The quantitative estimate of drug-likeness (QED) is 0.726. The van der Waals surface area contributed by atoms with E-state index in [0.29, 0.717) is 18.6 Å². The number of aliphatic carboxylic acids is 1. The molecule has 0 aromatic heterocycles. The topological polar surface area (TPSA) is 63.6 Å². The normalized spacial score (nSPS) is 16.0. The van der Waals surface area contributed by atoms with Gasteiger partial charge in [0.1, 0.15) is 5.25 Å². The van der Waals surface area contributed by atoms with Crippen molar-refractivity contribution in [2.24, 2.45) is 0 Å². The Morgan fingerprint density at radius 1 is 1.53 bits per heavy atom. The van der Waals surface area contributed by atoms with Crippen LogP contribution >= 0.6 is 0 Å². The second-order valence-electron chi connectivity index (χ2n) is 4.03. The second-order valence-corrected chi connectivity index (χ2v) is 5.77. The monoisotopic (exact) mass is 236 g/mol. The summed E-state index contributed by atoms with van der Waals surface area (Å²) in [5.41, 5.74) is -0.341. The fraction of sp³-hybridized carbons (Fsp3) is 0.900.